The minimum Gasteiger partial charge on any atom is -0.394 e. The van der Waals surface area contributed by atoms with Crippen molar-refractivity contribution in [2.24, 2.45) is 0 Å². The predicted octanol–water partition coefficient (Wildman–Crippen LogP) is 2.16. The second kappa shape index (κ2) is 2.38. The van der Waals surface area contributed by atoms with Crippen LogP contribution in [0.2, 0.25) is 0 Å². The Morgan fingerprint density at radius 1 is 1.42 bits per heavy atom. The van der Waals surface area contributed by atoms with E-state index in [0.29, 0.717) is 4.70 Å². The summed E-state index contributed by atoms with van der Waals surface area (Å²) in [5.41, 5.74) is 6.25. The van der Waals surface area contributed by atoms with Crippen molar-refractivity contribution >= 4 is 27.2 Å². The molecule has 0 spiro atoms. The van der Waals surface area contributed by atoms with Gasteiger partial charge in [0.1, 0.15) is 11.2 Å². The van der Waals surface area contributed by atoms with E-state index in [0.717, 1.165) is 0 Å². The van der Waals surface area contributed by atoms with Crippen molar-refractivity contribution < 1.29 is 8.78 Å². The smallest absolute Gasteiger partial charge is 0.176 e. The van der Waals surface area contributed by atoms with E-state index in [1.165, 1.54) is 22.9 Å². The SMILES string of the molecule is Nc1c(F)cc2scnc2c1F. The Hall–Kier alpha value is -1.23. The van der Waals surface area contributed by atoms with Gasteiger partial charge >= 0.3 is 0 Å². The first-order valence-corrected chi connectivity index (χ1v) is 4.05. The molecule has 0 bridgehead atoms. The lowest BCUT2D eigenvalue weighted by Crippen LogP contribution is -1.95. The third kappa shape index (κ3) is 0.863. The lowest BCUT2D eigenvalue weighted by molar-refractivity contribution is 0.599. The van der Waals surface area contributed by atoms with Crippen LogP contribution < -0.4 is 5.73 Å². The molecular weight excluding hydrogens is 182 g/mol. The summed E-state index contributed by atoms with van der Waals surface area (Å²) in [4.78, 5) is 3.72. The Morgan fingerprint density at radius 2 is 2.17 bits per heavy atom. The van der Waals surface area contributed by atoms with E-state index in [1.807, 2.05) is 0 Å². The average Bonchev–Trinajstić information content (AvgIpc) is 2.48. The molecule has 0 radical (unpaired) electrons. The molecular formula is C7H4F2N2S. The van der Waals surface area contributed by atoms with Gasteiger partial charge in [-0.1, -0.05) is 0 Å². The summed E-state index contributed by atoms with van der Waals surface area (Å²) in [7, 11) is 0. The summed E-state index contributed by atoms with van der Waals surface area (Å²) in [5, 5.41) is 0. The van der Waals surface area contributed by atoms with Gasteiger partial charge in [-0.05, 0) is 6.07 Å². The molecule has 62 valence electrons. The highest BCUT2D eigenvalue weighted by molar-refractivity contribution is 7.16. The van der Waals surface area contributed by atoms with E-state index in [-0.39, 0.29) is 5.52 Å². The molecule has 12 heavy (non-hydrogen) atoms. The van der Waals surface area contributed by atoms with E-state index >= 15 is 0 Å². The maximum atomic E-state index is 13.1. The second-order valence-corrected chi connectivity index (χ2v) is 3.17. The van der Waals surface area contributed by atoms with Crippen molar-refractivity contribution in [2.75, 3.05) is 5.73 Å². The molecule has 0 amide bonds. The van der Waals surface area contributed by atoms with Gasteiger partial charge in [0, 0.05) is 0 Å². The predicted molar refractivity (Wildman–Crippen MR) is 43.9 cm³/mol. The van der Waals surface area contributed by atoms with Gasteiger partial charge in [0.25, 0.3) is 0 Å². The molecule has 2 N–H and O–H groups in total. The molecule has 5 heteroatoms. The summed E-state index contributed by atoms with van der Waals surface area (Å²) < 4.78 is 26.3. The lowest BCUT2D eigenvalue weighted by atomic mass is 10.3. The summed E-state index contributed by atoms with van der Waals surface area (Å²) >= 11 is 1.18. The number of halogens is 2. The second-order valence-electron chi connectivity index (χ2n) is 2.29. The van der Waals surface area contributed by atoms with Crippen LogP contribution in [0.4, 0.5) is 14.5 Å². The van der Waals surface area contributed by atoms with Crippen molar-refractivity contribution in [2.45, 2.75) is 0 Å². The van der Waals surface area contributed by atoms with Gasteiger partial charge < -0.3 is 5.73 Å². The maximum absolute atomic E-state index is 13.1. The molecule has 1 aromatic carbocycles. The number of nitrogens with zero attached hydrogens (tertiary/aromatic N) is 1. The first kappa shape index (κ1) is 7.42. The number of rotatable bonds is 0. The molecule has 0 fully saturated rings. The molecule has 2 aromatic rings. The Balaban J connectivity index is 2.94. The summed E-state index contributed by atoms with van der Waals surface area (Å²) in [6, 6.07) is 1.19. The van der Waals surface area contributed by atoms with Crippen LogP contribution in [0.15, 0.2) is 11.6 Å². The number of hydrogen-bond donors (Lipinski definition) is 1. The minimum absolute atomic E-state index is 0.138. The molecule has 1 heterocycles. The van der Waals surface area contributed by atoms with E-state index in [1.54, 1.807) is 0 Å². The molecule has 1 aromatic heterocycles. The van der Waals surface area contributed by atoms with E-state index in [4.69, 9.17) is 5.73 Å². The number of thiazole rings is 1. The van der Waals surface area contributed by atoms with Gasteiger partial charge in [0.2, 0.25) is 0 Å². The fourth-order valence-corrected chi connectivity index (χ4v) is 1.64. The molecule has 0 saturated heterocycles. The van der Waals surface area contributed by atoms with Gasteiger partial charge in [-0.25, -0.2) is 13.8 Å². The first-order valence-electron chi connectivity index (χ1n) is 3.17. The normalized spacial score (nSPS) is 10.8. The summed E-state index contributed by atoms with van der Waals surface area (Å²) in [6.07, 6.45) is 0. The zero-order chi connectivity index (χ0) is 8.72. The quantitative estimate of drug-likeness (QED) is 0.640. The summed E-state index contributed by atoms with van der Waals surface area (Å²) in [5.74, 6) is -1.50. The molecule has 0 aliphatic carbocycles. The number of fused-ring (bicyclic) bond motifs is 1. The van der Waals surface area contributed by atoms with E-state index < -0.39 is 17.3 Å². The van der Waals surface area contributed by atoms with Crippen LogP contribution >= 0.6 is 11.3 Å². The Labute approximate surface area is 70.6 Å². The molecule has 0 unspecified atom stereocenters. The lowest BCUT2D eigenvalue weighted by Gasteiger charge is -1.97. The molecule has 0 saturated carbocycles. The first-order chi connectivity index (χ1) is 5.70. The van der Waals surface area contributed by atoms with Crippen LogP contribution in [-0.4, -0.2) is 4.98 Å². The van der Waals surface area contributed by atoms with Gasteiger partial charge in [-0.3, -0.25) is 0 Å². The molecule has 0 aliphatic heterocycles. The summed E-state index contributed by atoms with van der Waals surface area (Å²) in [6.45, 7) is 0. The molecule has 0 atom stereocenters. The van der Waals surface area contributed by atoms with Crippen LogP contribution in [0.5, 0.6) is 0 Å². The fourth-order valence-electron chi connectivity index (χ4n) is 0.948. The molecule has 0 aliphatic rings. The highest BCUT2D eigenvalue weighted by atomic mass is 32.1. The van der Waals surface area contributed by atoms with Crippen molar-refractivity contribution in [1.29, 1.82) is 0 Å². The van der Waals surface area contributed by atoms with Crippen molar-refractivity contribution in [3.05, 3.63) is 23.2 Å². The zero-order valence-electron chi connectivity index (χ0n) is 5.84. The maximum Gasteiger partial charge on any atom is 0.176 e. The number of hydrogen-bond acceptors (Lipinski definition) is 3. The van der Waals surface area contributed by atoms with Crippen LogP contribution in [0, 0.1) is 11.6 Å². The van der Waals surface area contributed by atoms with Crippen LogP contribution in [0.1, 0.15) is 0 Å². The fraction of sp³-hybridized carbons (Fsp3) is 0. The van der Waals surface area contributed by atoms with Gasteiger partial charge in [-0.15, -0.1) is 11.3 Å². The highest BCUT2D eigenvalue weighted by Crippen LogP contribution is 2.26. The van der Waals surface area contributed by atoms with E-state index in [9.17, 15) is 8.78 Å². The Morgan fingerprint density at radius 3 is 2.92 bits per heavy atom. The topological polar surface area (TPSA) is 38.9 Å². The monoisotopic (exact) mass is 186 g/mol. The van der Waals surface area contributed by atoms with Crippen molar-refractivity contribution in [3.8, 4) is 0 Å². The number of nitrogen functional groups attached to an aromatic ring is 1. The van der Waals surface area contributed by atoms with Crippen LogP contribution in [0.3, 0.4) is 0 Å². The van der Waals surface area contributed by atoms with Gasteiger partial charge in [-0.2, -0.15) is 0 Å². The average molecular weight is 186 g/mol. The van der Waals surface area contributed by atoms with Crippen molar-refractivity contribution in [3.63, 3.8) is 0 Å². The third-order valence-electron chi connectivity index (χ3n) is 1.55. The Kier molecular flexibility index (Phi) is 1.47. The van der Waals surface area contributed by atoms with Crippen LogP contribution in [-0.2, 0) is 0 Å². The number of nitrogens with two attached hydrogens (primary N) is 1. The third-order valence-corrected chi connectivity index (χ3v) is 2.33. The largest absolute Gasteiger partial charge is 0.394 e. The minimum atomic E-state index is -0.772. The standard InChI is InChI=1S/C7H4F2N2S/c8-3-1-4-7(11-2-12-4)5(9)6(3)10/h1-2H,10H2. The zero-order valence-corrected chi connectivity index (χ0v) is 6.66. The van der Waals surface area contributed by atoms with E-state index in [2.05, 4.69) is 4.98 Å². The van der Waals surface area contributed by atoms with Gasteiger partial charge in [0.05, 0.1) is 10.2 Å². The van der Waals surface area contributed by atoms with Crippen LogP contribution in [0.25, 0.3) is 10.2 Å². The van der Waals surface area contributed by atoms with Crippen molar-refractivity contribution in [1.82, 2.24) is 4.98 Å². The number of anilines is 1. The Bertz CT molecular complexity index is 438. The highest BCUT2D eigenvalue weighted by Gasteiger charge is 2.11. The molecule has 2 nitrogen and oxygen atoms in total. The number of benzene rings is 1. The molecule has 2 rings (SSSR count). The van der Waals surface area contributed by atoms with Gasteiger partial charge in [0.15, 0.2) is 11.6 Å². The number of aromatic nitrogens is 1.